The van der Waals surface area contributed by atoms with Crippen LogP contribution in [-0.2, 0) is 19.1 Å². The van der Waals surface area contributed by atoms with E-state index in [1.807, 2.05) is 6.92 Å². The highest BCUT2D eigenvalue weighted by molar-refractivity contribution is 6.04. The van der Waals surface area contributed by atoms with Crippen molar-refractivity contribution in [3.8, 4) is 0 Å². The first-order chi connectivity index (χ1) is 13.2. The van der Waals surface area contributed by atoms with Crippen molar-refractivity contribution < 1.29 is 23.9 Å². The first-order valence-electron chi connectivity index (χ1n) is 9.19. The summed E-state index contributed by atoms with van der Waals surface area (Å²) in [6, 6.07) is 6.81. The van der Waals surface area contributed by atoms with Crippen molar-refractivity contribution in [2.75, 3.05) is 14.2 Å². The molecule has 1 aliphatic heterocycles. The molecule has 148 valence electrons. The monoisotopic (exact) mass is 383 g/mol. The van der Waals surface area contributed by atoms with Crippen LogP contribution in [0, 0.1) is 5.41 Å². The van der Waals surface area contributed by atoms with Gasteiger partial charge in [-0.1, -0.05) is 26.0 Å². The molecule has 28 heavy (non-hydrogen) atoms. The van der Waals surface area contributed by atoms with Gasteiger partial charge in [-0.05, 0) is 36.5 Å². The maximum Gasteiger partial charge on any atom is 0.337 e. The normalized spacial score (nSPS) is 21.0. The second-order valence-corrected chi connectivity index (χ2v) is 8.04. The molecule has 0 radical (unpaired) electrons. The molecule has 6 heteroatoms. The van der Waals surface area contributed by atoms with Gasteiger partial charge in [-0.2, -0.15) is 0 Å². The topological polar surface area (TPSA) is 81.7 Å². The zero-order valence-electron chi connectivity index (χ0n) is 16.8. The second-order valence-electron chi connectivity index (χ2n) is 8.04. The van der Waals surface area contributed by atoms with Crippen molar-refractivity contribution in [3.63, 3.8) is 0 Å². The lowest BCUT2D eigenvalue weighted by Crippen LogP contribution is -2.38. The maximum atomic E-state index is 13.1. The molecular weight excluding hydrogens is 358 g/mol. The summed E-state index contributed by atoms with van der Waals surface area (Å²) in [5.41, 5.74) is 3.58. The Kier molecular flexibility index (Phi) is 5.15. The fourth-order valence-corrected chi connectivity index (χ4v) is 4.08. The number of dihydropyridines is 1. The third kappa shape index (κ3) is 3.46. The lowest BCUT2D eigenvalue weighted by atomic mass is 9.68. The minimum Gasteiger partial charge on any atom is -0.466 e. The number of benzene rings is 1. The number of carbonyl (C=O) groups excluding carboxylic acids is 3. The van der Waals surface area contributed by atoms with Crippen LogP contribution >= 0.6 is 0 Å². The van der Waals surface area contributed by atoms with Crippen molar-refractivity contribution in [2.45, 2.75) is 39.5 Å². The molecule has 1 aromatic rings. The third-order valence-corrected chi connectivity index (χ3v) is 5.31. The summed E-state index contributed by atoms with van der Waals surface area (Å²) in [4.78, 5) is 37.4. The Hall–Kier alpha value is -2.89. The second kappa shape index (κ2) is 7.26. The zero-order chi connectivity index (χ0) is 20.6. The molecule has 0 fully saturated rings. The average Bonchev–Trinajstić information content (AvgIpc) is 2.64. The number of allylic oxidation sites excluding steroid dienone is 3. The predicted octanol–water partition coefficient (Wildman–Crippen LogP) is 3.25. The molecule has 3 rings (SSSR count). The number of Topliss-reactive ketones (excluding diaryl/α,β-unsaturated/α-hetero) is 1. The van der Waals surface area contributed by atoms with Gasteiger partial charge in [-0.3, -0.25) is 4.79 Å². The average molecular weight is 383 g/mol. The van der Waals surface area contributed by atoms with Crippen molar-refractivity contribution in [3.05, 3.63) is 57.9 Å². The first-order valence-corrected chi connectivity index (χ1v) is 9.19. The van der Waals surface area contributed by atoms with Crippen LogP contribution in [0.4, 0.5) is 0 Å². The van der Waals surface area contributed by atoms with Gasteiger partial charge in [0.2, 0.25) is 0 Å². The third-order valence-electron chi connectivity index (χ3n) is 5.31. The number of carbonyl (C=O) groups is 3. The first kappa shape index (κ1) is 19.9. The highest BCUT2D eigenvalue weighted by Gasteiger charge is 2.42. The van der Waals surface area contributed by atoms with Crippen LogP contribution in [-0.4, -0.2) is 31.9 Å². The Balaban J connectivity index is 2.15. The van der Waals surface area contributed by atoms with Gasteiger partial charge in [0.1, 0.15) is 0 Å². The van der Waals surface area contributed by atoms with E-state index in [4.69, 9.17) is 9.47 Å². The summed E-state index contributed by atoms with van der Waals surface area (Å²) in [6.07, 6.45) is 1.13. The molecule has 1 aliphatic carbocycles. The molecule has 1 unspecified atom stereocenters. The van der Waals surface area contributed by atoms with E-state index in [1.54, 1.807) is 24.3 Å². The standard InChI is InChI=1S/C22H25NO5/c1-12-17(21(26)28-5)18(13-6-8-14(9-7-13)20(25)27-4)19-15(23-12)10-22(2,3)11-16(19)24/h6-9,18,23H,10-11H2,1-5H3. The lowest BCUT2D eigenvalue weighted by molar-refractivity contribution is -0.136. The highest BCUT2D eigenvalue weighted by Crippen LogP contribution is 2.46. The number of hydrogen-bond donors (Lipinski definition) is 1. The number of nitrogens with one attached hydrogen (secondary N) is 1. The smallest absolute Gasteiger partial charge is 0.337 e. The summed E-state index contributed by atoms with van der Waals surface area (Å²) >= 11 is 0. The largest absolute Gasteiger partial charge is 0.466 e. The summed E-state index contributed by atoms with van der Waals surface area (Å²) in [6.45, 7) is 5.94. The van der Waals surface area contributed by atoms with E-state index in [9.17, 15) is 14.4 Å². The van der Waals surface area contributed by atoms with Gasteiger partial charge in [-0.25, -0.2) is 9.59 Å². The maximum absolute atomic E-state index is 13.1. The van der Waals surface area contributed by atoms with Gasteiger partial charge in [0.25, 0.3) is 0 Å². The Bertz CT molecular complexity index is 905. The van der Waals surface area contributed by atoms with Gasteiger partial charge < -0.3 is 14.8 Å². The summed E-state index contributed by atoms with van der Waals surface area (Å²) in [7, 11) is 2.65. The van der Waals surface area contributed by atoms with Gasteiger partial charge in [0, 0.05) is 29.3 Å². The van der Waals surface area contributed by atoms with Crippen LogP contribution in [0.5, 0.6) is 0 Å². The number of ether oxygens (including phenoxy) is 2. The van der Waals surface area contributed by atoms with E-state index < -0.39 is 17.9 Å². The lowest BCUT2D eigenvalue weighted by Gasteiger charge is -2.39. The number of esters is 2. The van der Waals surface area contributed by atoms with E-state index in [2.05, 4.69) is 19.2 Å². The highest BCUT2D eigenvalue weighted by atomic mass is 16.5. The van der Waals surface area contributed by atoms with E-state index in [1.165, 1.54) is 14.2 Å². The Morgan fingerprint density at radius 2 is 1.64 bits per heavy atom. The molecular formula is C22H25NO5. The molecule has 1 atom stereocenters. The fraction of sp³-hybridized carbons (Fsp3) is 0.409. The van der Waals surface area contributed by atoms with Crippen LogP contribution in [0.3, 0.4) is 0 Å². The van der Waals surface area contributed by atoms with Crippen molar-refractivity contribution in [1.82, 2.24) is 5.32 Å². The van der Waals surface area contributed by atoms with Crippen molar-refractivity contribution >= 4 is 17.7 Å². The number of ketones is 1. The minimum absolute atomic E-state index is 0.0229. The number of methoxy groups -OCH3 is 2. The quantitative estimate of drug-likeness (QED) is 0.807. The van der Waals surface area contributed by atoms with Gasteiger partial charge in [-0.15, -0.1) is 0 Å². The molecule has 1 heterocycles. The zero-order valence-corrected chi connectivity index (χ0v) is 16.8. The van der Waals surface area contributed by atoms with Crippen LogP contribution in [0.2, 0.25) is 0 Å². The molecule has 0 spiro atoms. The molecule has 2 aliphatic rings. The Labute approximate surface area is 164 Å². The molecule has 0 aromatic heterocycles. The van der Waals surface area contributed by atoms with Crippen LogP contribution in [0.1, 0.15) is 55.5 Å². The summed E-state index contributed by atoms with van der Waals surface area (Å²) < 4.78 is 9.75. The van der Waals surface area contributed by atoms with Crippen LogP contribution in [0.25, 0.3) is 0 Å². The molecule has 1 N–H and O–H groups in total. The molecule has 0 bridgehead atoms. The van der Waals surface area contributed by atoms with E-state index >= 15 is 0 Å². The van der Waals surface area contributed by atoms with Gasteiger partial charge in [0.05, 0.1) is 25.4 Å². The van der Waals surface area contributed by atoms with Gasteiger partial charge in [0.15, 0.2) is 5.78 Å². The van der Waals surface area contributed by atoms with Crippen molar-refractivity contribution in [1.29, 1.82) is 0 Å². The molecule has 1 aromatic carbocycles. The summed E-state index contributed by atoms with van der Waals surface area (Å²) in [5.74, 6) is -1.42. The van der Waals surface area contributed by atoms with Crippen molar-refractivity contribution in [2.24, 2.45) is 5.41 Å². The molecule has 0 amide bonds. The van der Waals surface area contributed by atoms with Crippen LogP contribution < -0.4 is 5.32 Å². The summed E-state index contributed by atoms with van der Waals surface area (Å²) in [5, 5.41) is 3.27. The minimum atomic E-state index is -0.529. The molecule has 0 saturated heterocycles. The molecule has 0 saturated carbocycles. The van der Waals surface area contributed by atoms with E-state index in [-0.39, 0.29) is 11.2 Å². The van der Waals surface area contributed by atoms with E-state index in [0.29, 0.717) is 28.8 Å². The predicted molar refractivity (Wildman–Crippen MR) is 103 cm³/mol. The Morgan fingerprint density at radius 3 is 2.21 bits per heavy atom. The fourth-order valence-electron chi connectivity index (χ4n) is 4.08. The van der Waals surface area contributed by atoms with E-state index in [0.717, 1.165) is 17.7 Å². The number of hydrogen-bond acceptors (Lipinski definition) is 6. The number of rotatable bonds is 3. The molecule has 6 nitrogen and oxygen atoms in total. The van der Waals surface area contributed by atoms with Crippen LogP contribution in [0.15, 0.2) is 46.8 Å². The Morgan fingerprint density at radius 1 is 1.04 bits per heavy atom. The SMILES string of the molecule is COC(=O)C1=C(C)NC2=C(C(=O)CC(C)(C)C2)C1c1ccc(C(=O)OC)cc1. The van der Waals surface area contributed by atoms with Gasteiger partial charge >= 0.3 is 11.9 Å².